The number of imidazole rings is 1. The molecular weight excluding hydrogens is 499 g/mol. The highest BCUT2D eigenvalue weighted by Gasteiger charge is 2.32. The molecule has 0 aliphatic heterocycles. The molecule has 0 spiro atoms. The lowest BCUT2D eigenvalue weighted by Gasteiger charge is -2.37. The van der Waals surface area contributed by atoms with E-state index in [9.17, 15) is 18.0 Å². The normalized spacial score (nSPS) is 18.8. The molecule has 7 heteroatoms. The molecule has 208 valence electrons. The van der Waals surface area contributed by atoms with Gasteiger partial charge in [0.1, 0.15) is 0 Å². The molecule has 0 bridgehead atoms. The van der Waals surface area contributed by atoms with Crippen LogP contribution in [0, 0.1) is 11.3 Å². The van der Waals surface area contributed by atoms with E-state index in [-0.39, 0.29) is 5.41 Å². The van der Waals surface area contributed by atoms with E-state index >= 15 is 0 Å². The van der Waals surface area contributed by atoms with Crippen molar-refractivity contribution in [3.05, 3.63) is 107 Å². The molecule has 1 aliphatic carbocycles. The molecular formula is C32H38F3N3O. The molecule has 0 saturated carbocycles. The second-order valence-electron chi connectivity index (χ2n) is 10.9. The van der Waals surface area contributed by atoms with Gasteiger partial charge in [-0.15, -0.1) is 0 Å². The third-order valence-electron chi connectivity index (χ3n) is 7.25. The van der Waals surface area contributed by atoms with Crippen LogP contribution in [0.1, 0.15) is 59.4 Å². The highest BCUT2D eigenvalue weighted by molar-refractivity contribution is 5.99. The fourth-order valence-electron chi connectivity index (χ4n) is 4.88. The van der Waals surface area contributed by atoms with Crippen molar-refractivity contribution in [2.45, 2.75) is 66.6 Å². The zero-order valence-electron chi connectivity index (χ0n) is 23.3. The zero-order chi connectivity index (χ0) is 28.6. The highest BCUT2D eigenvalue weighted by Crippen LogP contribution is 2.44. The summed E-state index contributed by atoms with van der Waals surface area (Å²) in [6.07, 6.45) is 16.2. The third kappa shape index (κ3) is 8.98. The number of aromatic nitrogens is 2. The van der Waals surface area contributed by atoms with Gasteiger partial charge in [-0.25, -0.2) is 4.98 Å². The Morgan fingerprint density at radius 1 is 1.15 bits per heavy atom. The summed E-state index contributed by atoms with van der Waals surface area (Å²) < 4.78 is 40.2. The average Bonchev–Trinajstić information content (AvgIpc) is 3.36. The molecule has 0 fully saturated rings. The Morgan fingerprint density at radius 3 is 2.51 bits per heavy atom. The predicted octanol–water partition coefficient (Wildman–Crippen LogP) is 8.69. The number of amides is 1. The lowest BCUT2D eigenvalue weighted by atomic mass is 9.68. The summed E-state index contributed by atoms with van der Waals surface area (Å²) in [7, 11) is 0. The van der Waals surface area contributed by atoms with Gasteiger partial charge in [0.25, 0.3) is 0 Å². The van der Waals surface area contributed by atoms with Gasteiger partial charge in [0.15, 0.2) is 0 Å². The maximum atomic E-state index is 12.7. The van der Waals surface area contributed by atoms with E-state index in [4.69, 9.17) is 0 Å². The molecule has 4 nitrogen and oxygen atoms in total. The van der Waals surface area contributed by atoms with Gasteiger partial charge in [-0.1, -0.05) is 55.4 Å². The number of nitrogens with zero attached hydrogens (tertiary/aromatic N) is 2. The smallest absolute Gasteiger partial charge is 0.337 e. The minimum atomic E-state index is -4.41. The zero-order valence-corrected chi connectivity index (χ0v) is 23.3. The van der Waals surface area contributed by atoms with Crippen LogP contribution in [0.25, 0.3) is 0 Å². The third-order valence-corrected chi connectivity index (χ3v) is 7.25. The number of alkyl halides is 3. The van der Waals surface area contributed by atoms with Crippen LogP contribution < -0.4 is 5.32 Å². The number of carbonyl (C=O) groups is 1. The Balaban J connectivity index is 1.59. The number of allylic oxidation sites excluding steroid dienone is 9. The van der Waals surface area contributed by atoms with Gasteiger partial charge in [0.05, 0.1) is 11.9 Å². The number of halogens is 3. The van der Waals surface area contributed by atoms with Crippen molar-refractivity contribution in [2.75, 3.05) is 5.32 Å². The van der Waals surface area contributed by atoms with Crippen molar-refractivity contribution in [1.82, 2.24) is 9.55 Å². The topological polar surface area (TPSA) is 46.9 Å². The largest absolute Gasteiger partial charge is 0.416 e. The molecule has 1 unspecified atom stereocenters. The molecule has 39 heavy (non-hydrogen) atoms. The summed E-state index contributed by atoms with van der Waals surface area (Å²) in [5, 5.41) is 2.59. The summed E-state index contributed by atoms with van der Waals surface area (Å²) in [5.41, 5.74) is 4.35. The van der Waals surface area contributed by atoms with Crippen molar-refractivity contribution in [2.24, 2.45) is 11.3 Å². The summed E-state index contributed by atoms with van der Waals surface area (Å²) in [6, 6.07) is 4.37. The number of aryl methyl sites for hydroxylation is 1. The van der Waals surface area contributed by atoms with Gasteiger partial charge in [0, 0.05) is 30.7 Å². The Labute approximate surface area is 229 Å². The first-order chi connectivity index (χ1) is 18.3. The monoisotopic (exact) mass is 537 g/mol. The van der Waals surface area contributed by atoms with Crippen molar-refractivity contribution < 1.29 is 18.0 Å². The summed E-state index contributed by atoms with van der Waals surface area (Å²) in [6.45, 7) is 11.7. The van der Waals surface area contributed by atoms with Gasteiger partial charge in [-0.2, -0.15) is 13.2 Å². The van der Waals surface area contributed by atoms with E-state index in [2.05, 4.69) is 47.8 Å². The van der Waals surface area contributed by atoms with Crippen LogP contribution in [-0.4, -0.2) is 15.5 Å². The fourth-order valence-corrected chi connectivity index (χ4v) is 4.88. The van der Waals surface area contributed by atoms with E-state index < -0.39 is 17.6 Å². The number of nitrogens with one attached hydrogen (secondary N) is 1. The molecule has 0 saturated heterocycles. The summed E-state index contributed by atoms with van der Waals surface area (Å²) in [5.74, 6) is 0.160. The molecule has 1 heterocycles. The van der Waals surface area contributed by atoms with Crippen LogP contribution in [0.4, 0.5) is 18.9 Å². The molecule has 3 rings (SSSR count). The molecule has 0 radical (unpaired) electrons. The Bertz CT molecular complexity index is 1270. The van der Waals surface area contributed by atoms with Gasteiger partial charge in [-0.05, 0) is 86.8 Å². The van der Waals surface area contributed by atoms with E-state index in [1.165, 1.54) is 35.8 Å². The van der Waals surface area contributed by atoms with Crippen LogP contribution in [-0.2, 0) is 17.5 Å². The van der Waals surface area contributed by atoms with Gasteiger partial charge in [-0.3, -0.25) is 4.79 Å². The van der Waals surface area contributed by atoms with Crippen molar-refractivity contribution >= 4 is 11.6 Å². The number of hydrogen-bond acceptors (Lipinski definition) is 2. The molecule has 1 atom stereocenters. The van der Waals surface area contributed by atoms with E-state index in [0.717, 1.165) is 42.7 Å². The highest BCUT2D eigenvalue weighted by atomic mass is 19.4. The second kappa shape index (κ2) is 13.0. The standard InChI is InChI=1S/C32H38F3N3O/c1-23(7-6-8-24(2)21-30(39)37-28-12-10-27(11-13-28)32(33,34)35)9-14-29-25(3)26(15-17-31(29,4)5)16-19-38-20-18-36-22-38/h6-14,18,20-22,26H,15-17,19H2,1-5H3,(H,37,39). The molecule has 1 aliphatic rings. The Morgan fingerprint density at radius 2 is 1.87 bits per heavy atom. The average molecular weight is 538 g/mol. The maximum absolute atomic E-state index is 12.7. The lowest BCUT2D eigenvalue weighted by Crippen LogP contribution is -2.25. The van der Waals surface area contributed by atoms with Gasteiger partial charge >= 0.3 is 6.18 Å². The van der Waals surface area contributed by atoms with Crippen LogP contribution >= 0.6 is 0 Å². The summed E-state index contributed by atoms with van der Waals surface area (Å²) in [4.78, 5) is 16.4. The number of rotatable bonds is 9. The van der Waals surface area contributed by atoms with Gasteiger partial charge < -0.3 is 9.88 Å². The van der Waals surface area contributed by atoms with E-state index in [0.29, 0.717) is 11.6 Å². The van der Waals surface area contributed by atoms with Crippen molar-refractivity contribution in [1.29, 1.82) is 0 Å². The van der Waals surface area contributed by atoms with Crippen molar-refractivity contribution in [3.63, 3.8) is 0 Å². The Hall–Kier alpha value is -3.61. The lowest BCUT2D eigenvalue weighted by molar-refractivity contribution is -0.137. The SMILES string of the molecule is CC(C=CC1=C(C)C(CCn2ccnc2)CCC1(C)C)=CC=CC(C)=CC(=O)Nc1ccc(C(F)(F)F)cc1. The fraction of sp³-hybridized carbons (Fsp3) is 0.375. The van der Waals surface area contributed by atoms with E-state index in [1.54, 1.807) is 6.92 Å². The molecule has 1 aromatic heterocycles. The molecule has 1 aromatic carbocycles. The number of hydrogen-bond donors (Lipinski definition) is 1. The summed E-state index contributed by atoms with van der Waals surface area (Å²) >= 11 is 0. The second-order valence-corrected chi connectivity index (χ2v) is 10.9. The van der Waals surface area contributed by atoms with Crippen LogP contribution in [0.2, 0.25) is 0 Å². The van der Waals surface area contributed by atoms with Crippen LogP contribution in [0.3, 0.4) is 0 Å². The van der Waals surface area contributed by atoms with E-state index in [1.807, 2.05) is 43.9 Å². The molecule has 1 N–H and O–H groups in total. The number of carbonyl (C=O) groups excluding carboxylic acids is 1. The first kappa shape index (κ1) is 29.9. The minimum absolute atomic E-state index is 0.127. The van der Waals surface area contributed by atoms with Crippen LogP contribution in [0.15, 0.2) is 102 Å². The Kier molecular flexibility index (Phi) is 9.95. The number of anilines is 1. The first-order valence-electron chi connectivity index (χ1n) is 13.2. The number of benzene rings is 1. The molecule has 1 amide bonds. The quantitative estimate of drug-likeness (QED) is 0.257. The van der Waals surface area contributed by atoms with Crippen molar-refractivity contribution in [3.8, 4) is 0 Å². The minimum Gasteiger partial charge on any atom is -0.337 e. The molecule has 2 aromatic rings. The van der Waals surface area contributed by atoms with Crippen LogP contribution in [0.5, 0.6) is 0 Å². The first-order valence-corrected chi connectivity index (χ1v) is 13.2. The van der Waals surface area contributed by atoms with Gasteiger partial charge in [0.2, 0.25) is 5.91 Å². The predicted molar refractivity (Wildman–Crippen MR) is 152 cm³/mol. The maximum Gasteiger partial charge on any atom is 0.416 e.